The molecule has 0 bridgehead atoms. The van der Waals surface area contributed by atoms with Crippen molar-refractivity contribution in [3.8, 4) is 11.5 Å². The number of nitrogens with zero attached hydrogens (tertiary/aromatic N) is 2. The van der Waals surface area contributed by atoms with E-state index < -0.39 is 0 Å². The molecule has 6 nitrogen and oxygen atoms in total. The Kier molecular flexibility index (Phi) is 4.17. The van der Waals surface area contributed by atoms with Crippen LogP contribution in [-0.4, -0.2) is 35.5 Å². The lowest BCUT2D eigenvalue weighted by Crippen LogP contribution is -2.05. The van der Waals surface area contributed by atoms with Gasteiger partial charge in [-0.05, 0) is 43.0 Å². The summed E-state index contributed by atoms with van der Waals surface area (Å²) in [4.78, 5) is 4.44. The van der Waals surface area contributed by atoms with Gasteiger partial charge in [-0.3, -0.25) is 0 Å². The summed E-state index contributed by atoms with van der Waals surface area (Å²) >= 11 is 0. The summed E-state index contributed by atoms with van der Waals surface area (Å²) in [5.74, 6) is 1.64. The predicted molar refractivity (Wildman–Crippen MR) is 77.8 cm³/mol. The van der Waals surface area contributed by atoms with Gasteiger partial charge in [0.2, 0.25) is 5.82 Å². The molecule has 6 heteroatoms. The van der Waals surface area contributed by atoms with Crippen molar-refractivity contribution in [2.75, 3.05) is 25.6 Å². The molecule has 2 aromatic rings. The van der Waals surface area contributed by atoms with Gasteiger partial charge in [-0.2, -0.15) is 4.98 Å². The van der Waals surface area contributed by atoms with Gasteiger partial charge in [0.25, 0.3) is 5.89 Å². The van der Waals surface area contributed by atoms with Crippen LogP contribution in [0.5, 0.6) is 0 Å². The van der Waals surface area contributed by atoms with Crippen molar-refractivity contribution in [2.45, 2.75) is 18.9 Å². The molecular formula is C15H19N3O3. The highest BCUT2D eigenvalue weighted by atomic mass is 16.5. The van der Waals surface area contributed by atoms with Crippen molar-refractivity contribution < 1.29 is 14.4 Å². The fourth-order valence-electron chi connectivity index (χ4n) is 2.31. The largest absolute Gasteiger partial charge is 0.395 e. The average Bonchev–Trinajstić information content (AvgIpc) is 3.23. The fraction of sp³-hybridized carbons (Fsp3) is 0.467. The summed E-state index contributed by atoms with van der Waals surface area (Å²) < 4.78 is 10.8. The number of aliphatic hydroxyl groups excluding tert-OH is 1. The fourth-order valence-corrected chi connectivity index (χ4v) is 2.31. The number of rotatable bonds is 7. The molecule has 1 aliphatic rings. The highest BCUT2D eigenvalue weighted by Crippen LogP contribution is 2.42. The summed E-state index contributed by atoms with van der Waals surface area (Å²) in [6.07, 6.45) is 2.26. The van der Waals surface area contributed by atoms with Crippen molar-refractivity contribution in [3.63, 3.8) is 0 Å². The molecule has 3 rings (SSSR count). The molecule has 1 atom stereocenters. The molecule has 21 heavy (non-hydrogen) atoms. The van der Waals surface area contributed by atoms with E-state index in [2.05, 4.69) is 15.5 Å². The Morgan fingerprint density at radius 1 is 1.38 bits per heavy atom. The maximum absolute atomic E-state index is 8.78. The molecule has 0 saturated heterocycles. The quantitative estimate of drug-likeness (QED) is 0.813. The molecular weight excluding hydrogens is 270 g/mol. The Labute approximate surface area is 123 Å². The molecule has 1 aromatic carbocycles. The first kappa shape index (κ1) is 14.0. The normalized spacial score (nSPS) is 15.9. The van der Waals surface area contributed by atoms with Crippen LogP contribution in [0.3, 0.4) is 0 Å². The Morgan fingerprint density at radius 3 is 2.76 bits per heavy atom. The van der Waals surface area contributed by atoms with E-state index in [1.54, 1.807) is 7.11 Å². The topological polar surface area (TPSA) is 80.4 Å². The van der Waals surface area contributed by atoms with Crippen LogP contribution in [0.25, 0.3) is 11.5 Å². The predicted octanol–water partition coefficient (Wildman–Crippen LogP) is 2.24. The van der Waals surface area contributed by atoms with Gasteiger partial charge < -0.3 is 19.7 Å². The Bertz CT molecular complexity index is 578. The maximum atomic E-state index is 8.78. The molecule has 1 fully saturated rings. The molecule has 0 spiro atoms. The highest BCUT2D eigenvalue weighted by Gasteiger charge is 2.35. The highest BCUT2D eigenvalue weighted by molar-refractivity contribution is 5.58. The Balaban J connectivity index is 1.73. The lowest BCUT2D eigenvalue weighted by molar-refractivity contribution is 0.0751. The Hall–Kier alpha value is -1.92. The van der Waals surface area contributed by atoms with Crippen LogP contribution >= 0.6 is 0 Å². The van der Waals surface area contributed by atoms with E-state index in [1.807, 2.05) is 24.3 Å². The monoisotopic (exact) mass is 289 g/mol. The zero-order chi connectivity index (χ0) is 14.7. The first-order valence-electron chi connectivity index (χ1n) is 7.13. The van der Waals surface area contributed by atoms with Crippen molar-refractivity contribution in [3.05, 3.63) is 30.1 Å². The van der Waals surface area contributed by atoms with Gasteiger partial charge in [-0.15, -0.1) is 0 Å². The maximum Gasteiger partial charge on any atom is 0.258 e. The van der Waals surface area contributed by atoms with Crippen molar-refractivity contribution in [2.24, 2.45) is 5.92 Å². The van der Waals surface area contributed by atoms with Crippen molar-refractivity contribution in [1.29, 1.82) is 0 Å². The van der Waals surface area contributed by atoms with E-state index in [0.29, 0.717) is 24.2 Å². The van der Waals surface area contributed by atoms with E-state index in [9.17, 15) is 0 Å². The minimum absolute atomic E-state index is 0.0620. The van der Waals surface area contributed by atoms with Crippen molar-refractivity contribution in [1.82, 2.24) is 10.1 Å². The van der Waals surface area contributed by atoms with Crippen LogP contribution in [0.2, 0.25) is 0 Å². The molecule has 0 aliphatic heterocycles. The summed E-state index contributed by atoms with van der Waals surface area (Å²) in [6, 6.07) is 7.67. The van der Waals surface area contributed by atoms with Gasteiger partial charge in [-0.1, -0.05) is 5.16 Å². The third-order valence-corrected chi connectivity index (χ3v) is 3.57. The summed E-state index contributed by atoms with van der Waals surface area (Å²) in [5, 5.41) is 15.9. The molecule has 1 unspecified atom stereocenters. The first-order valence-corrected chi connectivity index (χ1v) is 7.13. The number of aromatic nitrogens is 2. The molecule has 1 heterocycles. The summed E-state index contributed by atoms with van der Waals surface area (Å²) in [7, 11) is 1.68. The lowest BCUT2D eigenvalue weighted by Gasteiger charge is -2.08. The SMILES string of the molecule is COC(c1noc(-c2ccc(NCCO)cc2)n1)C1CC1. The zero-order valence-corrected chi connectivity index (χ0v) is 12.0. The van der Waals surface area contributed by atoms with E-state index in [1.165, 1.54) is 0 Å². The van der Waals surface area contributed by atoms with Crippen LogP contribution in [-0.2, 0) is 4.74 Å². The minimum atomic E-state index is -0.0620. The van der Waals surface area contributed by atoms with Crippen LogP contribution < -0.4 is 5.32 Å². The van der Waals surface area contributed by atoms with E-state index >= 15 is 0 Å². The summed E-state index contributed by atoms with van der Waals surface area (Å²) in [6.45, 7) is 0.634. The first-order chi connectivity index (χ1) is 10.3. The van der Waals surface area contributed by atoms with Crippen molar-refractivity contribution >= 4 is 5.69 Å². The van der Waals surface area contributed by atoms with Gasteiger partial charge in [0, 0.05) is 24.9 Å². The van der Waals surface area contributed by atoms with Crippen LogP contribution in [0.15, 0.2) is 28.8 Å². The van der Waals surface area contributed by atoms with Crippen LogP contribution in [0.4, 0.5) is 5.69 Å². The van der Waals surface area contributed by atoms with E-state index in [4.69, 9.17) is 14.4 Å². The number of anilines is 1. The van der Waals surface area contributed by atoms with Crippen LogP contribution in [0.1, 0.15) is 24.8 Å². The van der Waals surface area contributed by atoms with Gasteiger partial charge >= 0.3 is 0 Å². The van der Waals surface area contributed by atoms with Gasteiger partial charge in [-0.25, -0.2) is 0 Å². The number of aliphatic hydroxyl groups is 1. The molecule has 1 saturated carbocycles. The molecule has 1 aliphatic carbocycles. The van der Waals surface area contributed by atoms with Gasteiger partial charge in [0.1, 0.15) is 6.10 Å². The number of ether oxygens (including phenoxy) is 1. The van der Waals surface area contributed by atoms with Gasteiger partial charge in [0.15, 0.2) is 0 Å². The lowest BCUT2D eigenvalue weighted by atomic mass is 10.2. The number of benzene rings is 1. The third-order valence-electron chi connectivity index (χ3n) is 3.57. The van der Waals surface area contributed by atoms with E-state index in [-0.39, 0.29) is 12.7 Å². The zero-order valence-electron chi connectivity index (χ0n) is 12.0. The molecule has 2 N–H and O–H groups in total. The summed E-state index contributed by atoms with van der Waals surface area (Å²) in [5.41, 5.74) is 1.81. The third kappa shape index (κ3) is 3.22. The Morgan fingerprint density at radius 2 is 2.14 bits per heavy atom. The molecule has 112 valence electrons. The second-order valence-corrected chi connectivity index (χ2v) is 5.18. The number of hydrogen-bond donors (Lipinski definition) is 2. The molecule has 0 radical (unpaired) electrons. The molecule has 0 amide bonds. The van der Waals surface area contributed by atoms with Gasteiger partial charge in [0.05, 0.1) is 6.61 Å². The molecule has 1 aromatic heterocycles. The standard InChI is InChI=1S/C15H19N3O3/c1-20-13(10-2-3-10)14-17-15(21-18-14)11-4-6-12(7-5-11)16-8-9-19/h4-7,10,13,16,19H,2-3,8-9H2,1H3. The second-order valence-electron chi connectivity index (χ2n) is 5.18. The second kappa shape index (κ2) is 6.24. The average molecular weight is 289 g/mol. The van der Waals surface area contributed by atoms with Crippen LogP contribution in [0, 0.1) is 5.92 Å². The number of methoxy groups -OCH3 is 1. The van der Waals surface area contributed by atoms with E-state index in [0.717, 1.165) is 24.1 Å². The number of hydrogen-bond acceptors (Lipinski definition) is 6. The smallest absolute Gasteiger partial charge is 0.258 e. The minimum Gasteiger partial charge on any atom is -0.395 e. The number of nitrogens with one attached hydrogen (secondary N) is 1.